The first-order valence-corrected chi connectivity index (χ1v) is 8.58. The van der Waals surface area contributed by atoms with Gasteiger partial charge < -0.3 is 10.1 Å². The standard InChI is InChI=1S/C15H21N5O2S/c1-12(15(21)17-7-14-3-2-6-23-14)19-4-5-22-13(8-19)9-20-11-16-10-18-20/h2-3,6,10-13H,4-5,7-9H2,1H3,(H,17,21)/t12-,13+/m1/s1. The predicted molar refractivity (Wildman–Crippen MR) is 87.0 cm³/mol. The van der Waals surface area contributed by atoms with Crippen LogP contribution in [0.1, 0.15) is 11.8 Å². The van der Waals surface area contributed by atoms with E-state index in [4.69, 9.17) is 4.74 Å². The van der Waals surface area contributed by atoms with Gasteiger partial charge in [0.2, 0.25) is 5.91 Å². The lowest BCUT2D eigenvalue weighted by atomic mass is 10.2. The third-order valence-electron chi connectivity index (χ3n) is 3.97. The van der Waals surface area contributed by atoms with E-state index in [0.29, 0.717) is 26.2 Å². The van der Waals surface area contributed by atoms with E-state index in [9.17, 15) is 4.79 Å². The molecule has 1 aliphatic rings. The van der Waals surface area contributed by atoms with Gasteiger partial charge in [-0.2, -0.15) is 5.10 Å². The maximum absolute atomic E-state index is 12.3. The number of hydrogen-bond donors (Lipinski definition) is 1. The van der Waals surface area contributed by atoms with Crippen molar-refractivity contribution in [2.45, 2.75) is 32.2 Å². The largest absolute Gasteiger partial charge is 0.374 e. The second-order valence-corrected chi connectivity index (χ2v) is 6.61. The quantitative estimate of drug-likeness (QED) is 0.843. The molecule has 2 aromatic rings. The van der Waals surface area contributed by atoms with Crippen LogP contribution in [0.4, 0.5) is 0 Å². The Kier molecular flexibility index (Phi) is 5.37. The summed E-state index contributed by atoms with van der Waals surface area (Å²) in [4.78, 5) is 19.6. The van der Waals surface area contributed by atoms with E-state index in [1.165, 1.54) is 6.33 Å². The van der Waals surface area contributed by atoms with Crippen molar-refractivity contribution in [2.24, 2.45) is 0 Å². The van der Waals surface area contributed by atoms with Crippen molar-refractivity contribution in [3.63, 3.8) is 0 Å². The number of carbonyl (C=O) groups excluding carboxylic acids is 1. The summed E-state index contributed by atoms with van der Waals surface area (Å²) < 4.78 is 7.53. The van der Waals surface area contributed by atoms with Crippen LogP contribution in [0.15, 0.2) is 30.2 Å². The second kappa shape index (κ2) is 7.67. The highest BCUT2D eigenvalue weighted by atomic mass is 32.1. The number of rotatable bonds is 6. The fourth-order valence-electron chi connectivity index (χ4n) is 2.64. The SMILES string of the molecule is C[C@H](C(=O)NCc1cccs1)N1CCO[C@H](Cn2cncn2)C1. The molecule has 1 aliphatic heterocycles. The van der Waals surface area contributed by atoms with Crippen LogP contribution in [0.3, 0.4) is 0 Å². The fraction of sp³-hybridized carbons (Fsp3) is 0.533. The highest BCUT2D eigenvalue weighted by Crippen LogP contribution is 2.12. The third kappa shape index (κ3) is 4.37. The van der Waals surface area contributed by atoms with Gasteiger partial charge >= 0.3 is 0 Å². The molecule has 2 atom stereocenters. The zero-order chi connectivity index (χ0) is 16.1. The Morgan fingerprint density at radius 1 is 1.61 bits per heavy atom. The van der Waals surface area contributed by atoms with Crippen LogP contribution in [0.25, 0.3) is 0 Å². The molecule has 0 unspecified atom stereocenters. The van der Waals surface area contributed by atoms with Gasteiger partial charge in [-0.3, -0.25) is 14.4 Å². The molecule has 0 aliphatic carbocycles. The van der Waals surface area contributed by atoms with Gasteiger partial charge in [-0.1, -0.05) is 6.07 Å². The molecule has 1 amide bonds. The summed E-state index contributed by atoms with van der Waals surface area (Å²) in [6, 6.07) is 3.85. The number of hydrogen-bond acceptors (Lipinski definition) is 6. The Morgan fingerprint density at radius 3 is 3.26 bits per heavy atom. The molecule has 0 bridgehead atoms. The molecule has 2 aromatic heterocycles. The molecule has 3 heterocycles. The van der Waals surface area contributed by atoms with Crippen LogP contribution in [0.5, 0.6) is 0 Å². The Balaban J connectivity index is 1.49. The lowest BCUT2D eigenvalue weighted by Crippen LogP contribution is -2.52. The molecule has 7 nitrogen and oxygen atoms in total. The molecule has 1 N–H and O–H groups in total. The number of nitrogens with one attached hydrogen (secondary N) is 1. The second-order valence-electron chi connectivity index (χ2n) is 5.58. The van der Waals surface area contributed by atoms with Crippen molar-refractivity contribution in [2.75, 3.05) is 19.7 Å². The monoisotopic (exact) mass is 335 g/mol. The van der Waals surface area contributed by atoms with E-state index in [-0.39, 0.29) is 18.1 Å². The number of carbonyl (C=O) groups is 1. The highest BCUT2D eigenvalue weighted by molar-refractivity contribution is 7.09. The van der Waals surface area contributed by atoms with Gasteiger partial charge in [0.15, 0.2) is 0 Å². The fourth-order valence-corrected chi connectivity index (χ4v) is 3.29. The first-order valence-electron chi connectivity index (χ1n) is 7.70. The van der Waals surface area contributed by atoms with Crippen molar-refractivity contribution >= 4 is 17.2 Å². The Bertz CT molecular complexity index is 601. The van der Waals surface area contributed by atoms with E-state index in [1.54, 1.807) is 22.3 Å². The van der Waals surface area contributed by atoms with E-state index in [2.05, 4.69) is 20.3 Å². The van der Waals surface area contributed by atoms with Crippen molar-refractivity contribution in [1.82, 2.24) is 25.0 Å². The molecular weight excluding hydrogens is 314 g/mol. The van der Waals surface area contributed by atoms with E-state index in [0.717, 1.165) is 11.4 Å². The minimum absolute atomic E-state index is 0.0259. The zero-order valence-electron chi connectivity index (χ0n) is 13.1. The van der Waals surface area contributed by atoms with Gasteiger partial charge in [-0.25, -0.2) is 4.98 Å². The van der Waals surface area contributed by atoms with Crippen LogP contribution in [0, 0.1) is 0 Å². The summed E-state index contributed by atoms with van der Waals surface area (Å²) in [7, 11) is 0. The first-order chi connectivity index (χ1) is 11.2. The summed E-state index contributed by atoms with van der Waals surface area (Å²) in [6.07, 6.45) is 3.22. The molecule has 0 saturated carbocycles. The van der Waals surface area contributed by atoms with Crippen molar-refractivity contribution in [1.29, 1.82) is 0 Å². The van der Waals surface area contributed by atoms with Crippen LogP contribution >= 0.6 is 11.3 Å². The topological polar surface area (TPSA) is 72.3 Å². The smallest absolute Gasteiger partial charge is 0.237 e. The summed E-state index contributed by atoms with van der Waals surface area (Å²) in [6.45, 7) is 5.30. The molecular formula is C15H21N5O2S. The number of morpholine rings is 1. The van der Waals surface area contributed by atoms with Gasteiger partial charge in [-0.05, 0) is 18.4 Å². The Morgan fingerprint density at radius 2 is 2.52 bits per heavy atom. The molecule has 0 aromatic carbocycles. The van der Waals surface area contributed by atoms with E-state index >= 15 is 0 Å². The van der Waals surface area contributed by atoms with Gasteiger partial charge in [0.1, 0.15) is 12.7 Å². The van der Waals surface area contributed by atoms with Gasteiger partial charge in [0.05, 0.1) is 31.8 Å². The first kappa shape index (κ1) is 16.1. The van der Waals surface area contributed by atoms with Crippen molar-refractivity contribution < 1.29 is 9.53 Å². The Labute approximate surface area is 139 Å². The summed E-state index contributed by atoms with van der Waals surface area (Å²) in [5, 5.41) is 9.12. The molecule has 23 heavy (non-hydrogen) atoms. The predicted octanol–water partition coefficient (Wildman–Crippen LogP) is 0.745. The maximum atomic E-state index is 12.3. The van der Waals surface area contributed by atoms with E-state index in [1.807, 2.05) is 24.4 Å². The lowest BCUT2D eigenvalue weighted by molar-refractivity contribution is -0.129. The highest BCUT2D eigenvalue weighted by Gasteiger charge is 2.28. The molecule has 1 fully saturated rings. The van der Waals surface area contributed by atoms with Crippen LogP contribution in [-0.2, 0) is 22.6 Å². The average Bonchev–Trinajstić information content (AvgIpc) is 3.25. The summed E-state index contributed by atoms with van der Waals surface area (Å²) in [5.41, 5.74) is 0. The minimum Gasteiger partial charge on any atom is -0.374 e. The van der Waals surface area contributed by atoms with Crippen molar-refractivity contribution in [3.05, 3.63) is 35.0 Å². The lowest BCUT2D eigenvalue weighted by Gasteiger charge is -2.36. The van der Waals surface area contributed by atoms with Gasteiger partial charge in [-0.15, -0.1) is 11.3 Å². The van der Waals surface area contributed by atoms with Crippen molar-refractivity contribution in [3.8, 4) is 0 Å². The van der Waals surface area contributed by atoms with Crippen LogP contribution < -0.4 is 5.32 Å². The molecule has 124 valence electrons. The average molecular weight is 335 g/mol. The van der Waals surface area contributed by atoms with E-state index < -0.39 is 0 Å². The molecule has 0 radical (unpaired) electrons. The summed E-state index contributed by atoms with van der Waals surface area (Å²) in [5.74, 6) is 0.0554. The molecule has 3 rings (SSSR count). The normalized spacial score (nSPS) is 20.3. The minimum atomic E-state index is -0.169. The molecule has 0 spiro atoms. The number of thiophene rings is 1. The Hall–Kier alpha value is -1.77. The molecule has 1 saturated heterocycles. The van der Waals surface area contributed by atoms with Crippen LogP contribution in [-0.4, -0.2) is 57.4 Å². The number of aromatic nitrogens is 3. The van der Waals surface area contributed by atoms with Crippen LogP contribution in [0.2, 0.25) is 0 Å². The van der Waals surface area contributed by atoms with Gasteiger partial charge in [0.25, 0.3) is 0 Å². The number of nitrogens with zero attached hydrogens (tertiary/aromatic N) is 4. The zero-order valence-corrected chi connectivity index (χ0v) is 13.9. The summed E-state index contributed by atoms with van der Waals surface area (Å²) >= 11 is 1.65. The van der Waals surface area contributed by atoms with Gasteiger partial charge in [0, 0.05) is 18.0 Å². The maximum Gasteiger partial charge on any atom is 0.237 e. The number of ether oxygens (including phenoxy) is 1. The third-order valence-corrected chi connectivity index (χ3v) is 4.85. The molecule has 8 heteroatoms. The number of amides is 1.